The van der Waals surface area contributed by atoms with Crippen molar-refractivity contribution in [1.29, 1.82) is 0 Å². The number of hydrogen-bond donors (Lipinski definition) is 1. The molecule has 0 amide bonds. The van der Waals surface area contributed by atoms with E-state index in [0.29, 0.717) is 16.5 Å². The van der Waals surface area contributed by atoms with E-state index in [9.17, 15) is 4.79 Å². The van der Waals surface area contributed by atoms with Gasteiger partial charge in [0.25, 0.3) is 0 Å². The predicted octanol–water partition coefficient (Wildman–Crippen LogP) is 4.14. The van der Waals surface area contributed by atoms with Gasteiger partial charge in [-0.2, -0.15) is 0 Å². The molecule has 1 aromatic heterocycles. The number of rotatable bonds is 4. The molecule has 1 N–H and O–H groups in total. The lowest BCUT2D eigenvalue weighted by molar-refractivity contribution is 0.0695. The lowest BCUT2D eigenvalue weighted by atomic mass is 10.1. The Labute approximate surface area is 121 Å². The molecular weight excluding hydrogens is 280 g/mol. The van der Waals surface area contributed by atoms with Gasteiger partial charge in [-0.05, 0) is 50.1 Å². The van der Waals surface area contributed by atoms with Gasteiger partial charge in [0.15, 0.2) is 0 Å². The zero-order valence-electron chi connectivity index (χ0n) is 11.5. The predicted molar refractivity (Wildman–Crippen MR) is 75.7 cm³/mol. The van der Waals surface area contributed by atoms with E-state index in [0.717, 1.165) is 16.9 Å². The Kier molecular flexibility index (Phi) is 4.04. The minimum atomic E-state index is -1.00. The van der Waals surface area contributed by atoms with Crippen molar-refractivity contribution >= 4 is 17.6 Å². The molecule has 2 aromatic rings. The number of carboxylic acid groups (broad SMARTS) is 1. The molecule has 4 nitrogen and oxygen atoms in total. The molecule has 1 aromatic carbocycles. The van der Waals surface area contributed by atoms with Crippen LogP contribution in [0.4, 0.5) is 0 Å². The summed E-state index contributed by atoms with van der Waals surface area (Å²) in [6, 6.07) is 5.12. The van der Waals surface area contributed by atoms with Crippen LogP contribution in [0.1, 0.15) is 33.0 Å². The maximum Gasteiger partial charge on any atom is 0.339 e. The normalized spacial score (nSPS) is 10.6. The van der Waals surface area contributed by atoms with Crippen molar-refractivity contribution in [3.8, 4) is 5.75 Å². The second kappa shape index (κ2) is 5.59. The molecule has 0 saturated heterocycles. The second-order valence-corrected chi connectivity index (χ2v) is 5.08. The SMILES string of the molecule is Cc1cc(Cl)cc(C)c1OCc1cc(C(=O)O)c(C)o1. The number of aromatic carboxylic acids is 1. The van der Waals surface area contributed by atoms with Gasteiger partial charge >= 0.3 is 5.97 Å². The summed E-state index contributed by atoms with van der Waals surface area (Å²) in [5.74, 6) is 0.589. The largest absolute Gasteiger partial charge is 0.485 e. The molecule has 0 bridgehead atoms. The molecule has 2 rings (SSSR count). The molecule has 0 aliphatic rings. The Morgan fingerprint density at radius 3 is 2.35 bits per heavy atom. The maximum atomic E-state index is 10.9. The quantitative estimate of drug-likeness (QED) is 0.921. The Bertz CT molecular complexity index is 635. The van der Waals surface area contributed by atoms with Crippen molar-refractivity contribution in [1.82, 2.24) is 0 Å². The Balaban J connectivity index is 2.17. The van der Waals surface area contributed by atoms with E-state index in [1.54, 1.807) is 6.92 Å². The van der Waals surface area contributed by atoms with Crippen molar-refractivity contribution in [2.24, 2.45) is 0 Å². The van der Waals surface area contributed by atoms with Gasteiger partial charge in [0.2, 0.25) is 0 Å². The highest BCUT2D eigenvalue weighted by Crippen LogP contribution is 2.28. The third kappa shape index (κ3) is 2.96. The zero-order valence-corrected chi connectivity index (χ0v) is 12.2. The number of halogens is 1. The summed E-state index contributed by atoms with van der Waals surface area (Å²) < 4.78 is 11.1. The highest BCUT2D eigenvalue weighted by molar-refractivity contribution is 6.30. The van der Waals surface area contributed by atoms with Gasteiger partial charge in [0.1, 0.15) is 29.4 Å². The molecule has 0 radical (unpaired) electrons. The van der Waals surface area contributed by atoms with Gasteiger partial charge in [-0.3, -0.25) is 0 Å². The second-order valence-electron chi connectivity index (χ2n) is 4.65. The fourth-order valence-electron chi connectivity index (χ4n) is 2.10. The lowest BCUT2D eigenvalue weighted by Gasteiger charge is -2.11. The van der Waals surface area contributed by atoms with E-state index >= 15 is 0 Å². The van der Waals surface area contributed by atoms with Gasteiger partial charge in [0, 0.05) is 5.02 Å². The molecule has 0 atom stereocenters. The average molecular weight is 295 g/mol. The van der Waals surface area contributed by atoms with Crippen LogP contribution in [0.5, 0.6) is 5.75 Å². The van der Waals surface area contributed by atoms with Gasteiger partial charge in [-0.15, -0.1) is 0 Å². The average Bonchev–Trinajstić information content (AvgIpc) is 2.69. The topological polar surface area (TPSA) is 59.7 Å². The van der Waals surface area contributed by atoms with Gasteiger partial charge < -0.3 is 14.3 Å². The summed E-state index contributed by atoms with van der Waals surface area (Å²) in [6.45, 7) is 5.61. The molecule has 0 aliphatic carbocycles. The zero-order chi connectivity index (χ0) is 14.9. The summed E-state index contributed by atoms with van der Waals surface area (Å²) in [5, 5.41) is 9.63. The van der Waals surface area contributed by atoms with Crippen molar-refractivity contribution in [2.75, 3.05) is 0 Å². The molecule has 0 saturated carbocycles. The highest BCUT2D eigenvalue weighted by Gasteiger charge is 2.14. The van der Waals surface area contributed by atoms with E-state index in [2.05, 4.69) is 0 Å². The van der Waals surface area contributed by atoms with Crippen LogP contribution in [0.25, 0.3) is 0 Å². The molecule has 1 heterocycles. The maximum absolute atomic E-state index is 10.9. The van der Waals surface area contributed by atoms with Crippen LogP contribution in [0.15, 0.2) is 22.6 Å². The first-order chi connectivity index (χ1) is 9.38. The first-order valence-corrected chi connectivity index (χ1v) is 6.48. The van der Waals surface area contributed by atoms with E-state index in [1.807, 2.05) is 26.0 Å². The smallest absolute Gasteiger partial charge is 0.339 e. The fraction of sp³-hybridized carbons (Fsp3) is 0.267. The molecule has 0 unspecified atom stereocenters. The van der Waals surface area contributed by atoms with E-state index in [1.165, 1.54) is 6.07 Å². The van der Waals surface area contributed by atoms with Crippen LogP contribution in [0, 0.1) is 20.8 Å². The number of ether oxygens (including phenoxy) is 1. The summed E-state index contributed by atoms with van der Waals surface area (Å²) in [5.41, 5.74) is 2.02. The molecule has 0 aliphatic heterocycles. The monoisotopic (exact) mass is 294 g/mol. The molecule has 5 heteroatoms. The Hall–Kier alpha value is -1.94. The van der Waals surface area contributed by atoms with Crippen molar-refractivity contribution in [3.63, 3.8) is 0 Å². The Morgan fingerprint density at radius 2 is 1.85 bits per heavy atom. The summed E-state index contributed by atoms with van der Waals surface area (Å²) in [4.78, 5) is 10.9. The van der Waals surface area contributed by atoms with Crippen molar-refractivity contribution in [3.05, 3.63) is 51.4 Å². The van der Waals surface area contributed by atoms with E-state index in [-0.39, 0.29) is 12.2 Å². The lowest BCUT2D eigenvalue weighted by Crippen LogP contribution is -1.98. The minimum Gasteiger partial charge on any atom is -0.485 e. The van der Waals surface area contributed by atoms with Crippen LogP contribution >= 0.6 is 11.6 Å². The number of hydrogen-bond acceptors (Lipinski definition) is 3. The summed E-state index contributed by atoms with van der Waals surface area (Å²) in [7, 11) is 0. The van der Waals surface area contributed by atoms with Gasteiger partial charge in [0.05, 0.1) is 0 Å². The van der Waals surface area contributed by atoms with Gasteiger partial charge in [-0.1, -0.05) is 11.6 Å². The van der Waals surface area contributed by atoms with Crippen LogP contribution in [0.2, 0.25) is 5.02 Å². The third-order valence-electron chi connectivity index (χ3n) is 2.98. The summed E-state index contributed by atoms with van der Waals surface area (Å²) >= 11 is 5.96. The number of carboxylic acids is 1. The van der Waals surface area contributed by atoms with Crippen molar-refractivity contribution in [2.45, 2.75) is 27.4 Å². The number of benzene rings is 1. The van der Waals surface area contributed by atoms with Gasteiger partial charge in [-0.25, -0.2) is 4.79 Å². The van der Waals surface area contributed by atoms with E-state index < -0.39 is 5.97 Å². The molecule has 0 spiro atoms. The molecule has 20 heavy (non-hydrogen) atoms. The Morgan fingerprint density at radius 1 is 1.25 bits per heavy atom. The van der Waals surface area contributed by atoms with Crippen LogP contribution in [-0.4, -0.2) is 11.1 Å². The number of carbonyl (C=O) groups is 1. The first-order valence-electron chi connectivity index (χ1n) is 6.10. The van der Waals surface area contributed by atoms with E-state index in [4.69, 9.17) is 25.9 Å². The van der Waals surface area contributed by atoms with Crippen LogP contribution < -0.4 is 4.74 Å². The fourth-order valence-corrected chi connectivity index (χ4v) is 2.42. The number of aryl methyl sites for hydroxylation is 3. The molecule has 106 valence electrons. The summed E-state index contributed by atoms with van der Waals surface area (Å²) in [6.07, 6.45) is 0. The molecular formula is C15H15ClO4. The third-order valence-corrected chi connectivity index (χ3v) is 3.20. The first kappa shape index (κ1) is 14.5. The van der Waals surface area contributed by atoms with Crippen LogP contribution in [-0.2, 0) is 6.61 Å². The number of furan rings is 1. The highest BCUT2D eigenvalue weighted by atomic mass is 35.5. The van der Waals surface area contributed by atoms with Crippen LogP contribution in [0.3, 0.4) is 0 Å². The van der Waals surface area contributed by atoms with Crippen molar-refractivity contribution < 1.29 is 19.1 Å². The standard InChI is InChI=1S/C15H15ClO4/c1-8-4-11(16)5-9(2)14(8)19-7-12-6-13(15(17)18)10(3)20-12/h4-6H,7H2,1-3H3,(H,17,18). The molecule has 0 fully saturated rings. The minimum absolute atomic E-state index is 0.160.